The van der Waals surface area contributed by atoms with Crippen molar-refractivity contribution < 1.29 is 0 Å². The van der Waals surface area contributed by atoms with Crippen LogP contribution < -0.4 is 0 Å². The molecule has 0 aliphatic rings. The molecule has 0 saturated carbocycles. The molecule has 0 N–H and O–H groups in total. The van der Waals surface area contributed by atoms with Gasteiger partial charge in [0.05, 0.1) is 33.5 Å². The second-order valence-electron chi connectivity index (χ2n) is 15.6. The van der Waals surface area contributed by atoms with Crippen molar-refractivity contribution in [3.63, 3.8) is 0 Å². The number of hydrogen-bond donors (Lipinski definition) is 0. The number of fused-ring (bicyclic) bond motifs is 8. The van der Waals surface area contributed by atoms with Gasteiger partial charge in [-0.3, -0.25) is 0 Å². The maximum atomic E-state index is 5.53. The summed E-state index contributed by atoms with van der Waals surface area (Å²) in [6.07, 6.45) is 0. The van der Waals surface area contributed by atoms with Crippen molar-refractivity contribution >= 4 is 54.4 Å². The fourth-order valence-corrected chi connectivity index (χ4v) is 9.05. The van der Waals surface area contributed by atoms with E-state index >= 15 is 0 Å². The Morgan fingerprint density at radius 2 is 0.803 bits per heavy atom. The highest BCUT2D eigenvalue weighted by Crippen LogP contribution is 2.42. The smallest absolute Gasteiger partial charge is 0.160 e. The molecule has 0 atom stereocenters. The second kappa shape index (κ2) is 14.3. The molecular weight excluding hydrogens is 741 g/mol. The quantitative estimate of drug-likeness (QED) is 0.158. The summed E-state index contributed by atoms with van der Waals surface area (Å²) in [7, 11) is 0. The maximum absolute atomic E-state index is 5.53. The van der Waals surface area contributed by atoms with Crippen LogP contribution in [-0.2, 0) is 0 Å². The third-order valence-corrected chi connectivity index (χ3v) is 12.0. The predicted molar refractivity (Wildman–Crippen MR) is 254 cm³/mol. The molecule has 4 heteroatoms. The Labute approximate surface area is 352 Å². The molecule has 61 heavy (non-hydrogen) atoms. The van der Waals surface area contributed by atoms with E-state index in [1.165, 1.54) is 27.3 Å². The number of nitrogens with zero attached hydrogens (tertiary/aromatic N) is 4. The van der Waals surface area contributed by atoms with Gasteiger partial charge in [0.15, 0.2) is 5.82 Å². The lowest BCUT2D eigenvalue weighted by Crippen LogP contribution is -1.96. The molecule has 0 fully saturated rings. The van der Waals surface area contributed by atoms with E-state index in [9.17, 15) is 0 Å². The summed E-state index contributed by atoms with van der Waals surface area (Å²) in [4.78, 5) is 15.8. The van der Waals surface area contributed by atoms with E-state index in [4.69, 9.17) is 15.0 Å². The van der Waals surface area contributed by atoms with Crippen LogP contribution in [0.3, 0.4) is 0 Å². The molecule has 12 aromatic rings. The van der Waals surface area contributed by atoms with Crippen LogP contribution in [0, 0.1) is 0 Å². The third kappa shape index (κ3) is 5.88. The minimum absolute atomic E-state index is 0.704. The molecule has 0 saturated heterocycles. The molecule has 0 bridgehead atoms. The summed E-state index contributed by atoms with van der Waals surface area (Å²) in [5.41, 5.74) is 14.9. The Kier molecular flexibility index (Phi) is 8.13. The van der Waals surface area contributed by atoms with Crippen molar-refractivity contribution in [2.45, 2.75) is 0 Å². The summed E-state index contributed by atoms with van der Waals surface area (Å²) in [5, 5.41) is 6.87. The average Bonchev–Trinajstić information content (AvgIpc) is 3.68. The van der Waals surface area contributed by atoms with Gasteiger partial charge in [-0.1, -0.05) is 188 Å². The van der Waals surface area contributed by atoms with E-state index in [2.05, 4.69) is 211 Å². The number of hydrogen-bond acceptors (Lipinski definition) is 3. The number of aromatic nitrogens is 4. The van der Waals surface area contributed by atoms with Gasteiger partial charge in [-0.05, 0) is 58.0 Å². The van der Waals surface area contributed by atoms with Gasteiger partial charge in [0.2, 0.25) is 0 Å². The van der Waals surface area contributed by atoms with Crippen LogP contribution in [0.25, 0.3) is 116 Å². The second-order valence-corrected chi connectivity index (χ2v) is 15.6. The normalized spacial score (nSPS) is 11.6. The molecule has 0 spiro atoms. The van der Waals surface area contributed by atoms with Gasteiger partial charge in [-0.25, -0.2) is 15.0 Å². The zero-order chi connectivity index (χ0) is 40.3. The molecule has 3 aromatic heterocycles. The highest BCUT2D eigenvalue weighted by atomic mass is 15.0. The van der Waals surface area contributed by atoms with Crippen LogP contribution in [0.1, 0.15) is 0 Å². The van der Waals surface area contributed by atoms with Gasteiger partial charge in [-0.2, -0.15) is 0 Å². The van der Waals surface area contributed by atoms with Gasteiger partial charge in [0, 0.05) is 49.3 Å². The molecule has 0 unspecified atom stereocenters. The molecule has 0 aliphatic carbocycles. The monoisotopic (exact) mass is 776 g/mol. The lowest BCUT2D eigenvalue weighted by molar-refractivity contribution is 1.18. The van der Waals surface area contributed by atoms with Crippen molar-refractivity contribution in [2.75, 3.05) is 0 Å². The highest BCUT2D eigenvalue weighted by Gasteiger charge is 2.20. The Balaban J connectivity index is 0.984. The summed E-state index contributed by atoms with van der Waals surface area (Å²) < 4.78 is 2.39. The Hall–Kier alpha value is -8.21. The number of pyridine rings is 1. The molecule has 284 valence electrons. The lowest BCUT2D eigenvalue weighted by Gasteiger charge is -2.13. The maximum Gasteiger partial charge on any atom is 0.160 e. The fourth-order valence-electron chi connectivity index (χ4n) is 9.05. The Morgan fingerprint density at radius 3 is 1.54 bits per heavy atom. The minimum Gasteiger partial charge on any atom is -0.307 e. The van der Waals surface area contributed by atoms with E-state index in [0.29, 0.717) is 5.82 Å². The third-order valence-electron chi connectivity index (χ3n) is 12.0. The number of rotatable bonds is 6. The molecule has 12 rings (SSSR count). The van der Waals surface area contributed by atoms with Crippen molar-refractivity contribution in [3.05, 3.63) is 218 Å². The molecule has 0 aliphatic heterocycles. The fraction of sp³-hybridized carbons (Fsp3) is 0. The molecule has 0 radical (unpaired) electrons. The van der Waals surface area contributed by atoms with E-state index in [0.717, 1.165) is 83.1 Å². The lowest BCUT2D eigenvalue weighted by atomic mass is 9.98. The van der Waals surface area contributed by atoms with Gasteiger partial charge in [0.25, 0.3) is 0 Å². The van der Waals surface area contributed by atoms with Crippen LogP contribution in [0.2, 0.25) is 0 Å². The molecule has 3 heterocycles. The largest absolute Gasteiger partial charge is 0.307 e. The predicted octanol–water partition coefficient (Wildman–Crippen LogP) is 14.8. The summed E-state index contributed by atoms with van der Waals surface area (Å²) in [5.74, 6) is 0.704. The molecular formula is C57H36N4. The molecule has 9 aromatic carbocycles. The SMILES string of the molecule is c1ccc(-c2ccc(-c3nc(-c4ccc(-c5ccc6c(c5)c5ccc7c8ccccc8c(-c8ccccc8)nc7c5n6-c5ccccc5)cc4)nc4ccccc34)cc2)cc1. The first-order valence-corrected chi connectivity index (χ1v) is 20.7. The standard InChI is InChI=1S/C57H36N4/c1-4-14-37(15-5-1)38-24-28-41(29-25-38)54-49-22-12-13-23-51(49)58-57(60-54)42-30-26-39(27-31-42)43-32-35-52-50(36-43)48-34-33-47-45-20-10-11-21-46(45)53(40-16-6-2-7-17-40)59-55(47)56(48)61(52)44-18-8-3-9-19-44/h1-36H. The molecule has 0 amide bonds. The van der Waals surface area contributed by atoms with Crippen LogP contribution in [0.15, 0.2) is 218 Å². The highest BCUT2D eigenvalue weighted by molar-refractivity contribution is 6.23. The zero-order valence-electron chi connectivity index (χ0n) is 33.1. The molecule has 4 nitrogen and oxygen atoms in total. The topological polar surface area (TPSA) is 43.6 Å². The van der Waals surface area contributed by atoms with Crippen LogP contribution >= 0.6 is 0 Å². The minimum atomic E-state index is 0.704. The first-order chi connectivity index (χ1) is 30.2. The van der Waals surface area contributed by atoms with Crippen molar-refractivity contribution in [1.29, 1.82) is 0 Å². The van der Waals surface area contributed by atoms with Crippen LogP contribution in [0.5, 0.6) is 0 Å². The summed E-state index contributed by atoms with van der Waals surface area (Å²) in [6, 6.07) is 77.3. The first-order valence-electron chi connectivity index (χ1n) is 20.7. The van der Waals surface area contributed by atoms with E-state index < -0.39 is 0 Å². The Bertz CT molecular complexity index is 3600. The van der Waals surface area contributed by atoms with Crippen molar-refractivity contribution in [1.82, 2.24) is 19.5 Å². The summed E-state index contributed by atoms with van der Waals surface area (Å²) in [6.45, 7) is 0. The first kappa shape index (κ1) is 34.8. The summed E-state index contributed by atoms with van der Waals surface area (Å²) >= 11 is 0. The van der Waals surface area contributed by atoms with E-state index in [-0.39, 0.29) is 0 Å². The van der Waals surface area contributed by atoms with Crippen molar-refractivity contribution in [2.24, 2.45) is 0 Å². The number of para-hydroxylation sites is 2. The van der Waals surface area contributed by atoms with Gasteiger partial charge < -0.3 is 4.57 Å². The van der Waals surface area contributed by atoms with Crippen molar-refractivity contribution in [3.8, 4) is 61.8 Å². The number of benzene rings is 9. The zero-order valence-corrected chi connectivity index (χ0v) is 33.1. The van der Waals surface area contributed by atoms with Gasteiger partial charge in [-0.15, -0.1) is 0 Å². The van der Waals surface area contributed by atoms with Gasteiger partial charge in [0.1, 0.15) is 0 Å². The average molecular weight is 777 g/mol. The van der Waals surface area contributed by atoms with Gasteiger partial charge >= 0.3 is 0 Å². The van der Waals surface area contributed by atoms with Crippen LogP contribution in [0.4, 0.5) is 0 Å². The van der Waals surface area contributed by atoms with Crippen LogP contribution in [-0.4, -0.2) is 19.5 Å². The van der Waals surface area contributed by atoms with E-state index in [1.807, 2.05) is 12.1 Å². The van der Waals surface area contributed by atoms with E-state index in [1.54, 1.807) is 0 Å². The Morgan fingerprint density at radius 1 is 0.295 bits per heavy atom.